The van der Waals surface area contributed by atoms with Crippen LogP contribution in [0.3, 0.4) is 0 Å². The molecule has 1 aromatic rings. The van der Waals surface area contributed by atoms with E-state index in [-0.39, 0.29) is 23.9 Å². The Balaban J connectivity index is 1.80. The number of amides is 2. The zero-order valence-electron chi connectivity index (χ0n) is 11.4. The smallest absolute Gasteiger partial charge is 0.246 e. The highest BCUT2D eigenvalue weighted by Gasteiger charge is 2.32. The Kier molecular flexibility index (Phi) is 4.37. The van der Waals surface area contributed by atoms with Crippen LogP contribution in [0.15, 0.2) is 22.8 Å². The Labute approximate surface area is 113 Å². The Bertz CT molecular complexity index is 442. The van der Waals surface area contributed by atoms with Crippen LogP contribution in [0.1, 0.15) is 31.9 Å². The van der Waals surface area contributed by atoms with E-state index in [2.05, 4.69) is 5.32 Å². The third kappa shape index (κ3) is 3.44. The highest BCUT2D eigenvalue weighted by atomic mass is 16.3. The number of aryl methyl sites for hydroxylation is 1. The summed E-state index contributed by atoms with van der Waals surface area (Å²) in [6.07, 6.45) is 4.43. The second-order valence-electron chi connectivity index (χ2n) is 5.07. The van der Waals surface area contributed by atoms with Crippen LogP contribution in [0.25, 0.3) is 0 Å². The summed E-state index contributed by atoms with van der Waals surface area (Å²) in [7, 11) is 1.55. The van der Waals surface area contributed by atoms with Crippen LogP contribution in [0.2, 0.25) is 0 Å². The minimum absolute atomic E-state index is 0.0914. The van der Waals surface area contributed by atoms with Crippen molar-refractivity contribution in [1.82, 2.24) is 10.2 Å². The Morgan fingerprint density at radius 3 is 3.00 bits per heavy atom. The van der Waals surface area contributed by atoms with E-state index in [1.165, 1.54) is 4.90 Å². The van der Waals surface area contributed by atoms with E-state index in [0.717, 1.165) is 18.6 Å². The van der Waals surface area contributed by atoms with Gasteiger partial charge in [0.15, 0.2) is 0 Å². The predicted octanol–water partition coefficient (Wildman–Crippen LogP) is 1.34. The van der Waals surface area contributed by atoms with Crippen molar-refractivity contribution in [2.45, 2.75) is 44.7 Å². The third-order valence-corrected chi connectivity index (χ3v) is 3.54. The summed E-state index contributed by atoms with van der Waals surface area (Å²) in [5, 5.41) is 3.30. The first-order chi connectivity index (χ1) is 9.08. The molecule has 2 heterocycles. The van der Waals surface area contributed by atoms with Gasteiger partial charge >= 0.3 is 0 Å². The van der Waals surface area contributed by atoms with E-state index < -0.39 is 0 Å². The molecule has 104 valence electrons. The molecule has 2 rings (SSSR count). The topological polar surface area (TPSA) is 62.6 Å². The fourth-order valence-electron chi connectivity index (χ4n) is 2.31. The number of likely N-dealkylation sites (N-methyl/N-ethyl adjacent to an activating group) is 1. The number of likely N-dealkylation sites (tertiary alicyclic amines) is 1. The zero-order valence-corrected chi connectivity index (χ0v) is 11.4. The van der Waals surface area contributed by atoms with Crippen molar-refractivity contribution in [3.8, 4) is 0 Å². The second kappa shape index (κ2) is 6.02. The largest absolute Gasteiger partial charge is 0.469 e. The molecule has 0 saturated carbocycles. The molecular weight excluding hydrogens is 244 g/mol. The molecule has 0 aromatic carbocycles. The standard InChI is InChI=1S/C14H20N2O3/c1-10(5-6-11-4-3-9-19-11)15-12-7-8-13(17)16(2)14(12)18/h3-4,9-10,12,15H,5-8H2,1-2H3. The number of hydrogen-bond acceptors (Lipinski definition) is 4. The van der Waals surface area contributed by atoms with Crippen molar-refractivity contribution in [2.75, 3.05) is 7.05 Å². The van der Waals surface area contributed by atoms with Gasteiger partial charge in [0.05, 0.1) is 12.3 Å². The van der Waals surface area contributed by atoms with E-state index in [0.29, 0.717) is 12.8 Å². The predicted molar refractivity (Wildman–Crippen MR) is 70.4 cm³/mol. The molecule has 1 aromatic heterocycles. The van der Waals surface area contributed by atoms with E-state index in [4.69, 9.17) is 4.42 Å². The number of carbonyl (C=O) groups excluding carboxylic acids is 2. The van der Waals surface area contributed by atoms with Gasteiger partial charge in [0.2, 0.25) is 11.8 Å². The summed E-state index contributed by atoms with van der Waals surface area (Å²) in [5.74, 6) is 0.739. The first-order valence-electron chi connectivity index (χ1n) is 6.66. The third-order valence-electron chi connectivity index (χ3n) is 3.54. The lowest BCUT2D eigenvalue weighted by Gasteiger charge is -2.30. The summed E-state index contributed by atoms with van der Waals surface area (Å²) >= 11 is 0. The number of piperidine rings is 1. The number of carbonyl (C=O) groups is 2. The molecule has 2 atom stereocenters. The molecule has 0 spiro atoms. The molecule has 5 heteroatoms. The lowest BCUT2D eigenvalue weighted by atomic mass is 10.0. The lowest BCUT2D eigenvalue weighted by molar-refractivity contribution is -0.148. The van der Waals surface area contributed by atoms with Crippen molar-refractivity contribution >= 4 is 11.8 Å². The average Bonchev–Trinajstić information content (AvgIpc) is 2.90. The summed E-state index contributed by atoms with van der Waals surface area (Å²) in [4.78, 5) is 24.5. The number of nitrogens with zero attached hydrogens (tertiary/aromatic N) is 1. The lowest BCUT2D eigenvalue weighted by Crippen LogP contribution is -2.53. The first-order valence-corrected chi connectivity index (χ1v) is 6.66. The normalized spacial score (nSPS) is 21.8. The van der Waals surface area contributed by atoms with Crippen LogP contribution >= 0.6 is 0 Å². The molecule has 2 unspecified atom stereocenters. The molecule has 5 nitrogen and oxygen atoms in total. The van der Waals surface area contributed by atoms with Gasteiger partial charge < -0.3 is 9.73 Å². The van der Waals surface area contributed by atoms with Crippen molar-refractivity contribution in [2.24, 2.45) is 0 Å². The monoisotopic (exact) mass is 264 g/mol. The molecule has 0 aliphatic carbocycles. The van der Waals surface area contributed by atoms with E-state index >= 15 is 0 Å². The minimum Gasteiger partial charge on any atom is -0.469 e. The number of rotatable bonds is 5. The quantitative estimate of drug-likeness (QED) is 0.815. The molecule has 2 amide bonds. The summed E-state index contributed by atoms with van der Waals surface area (Å²) < 4.78 is 5.28. The number of furan rings is 1. The van der Waals surface area contributed by atoms with E-state index in [1.807, 2.05) is 19.1 Å². The van der Waals surface area contributed by atoms with Gasteiger partial charge in [0, 0.05) is 25.9 Å². The van der Waals surface area contributed by atoms with Crippen LogP contribution in [0.4, 0.5) is 0 Å². The van der Waals surface area contributed by atoms with Gasteiger partial charge in [-0.1, -0.05) is 0 Å². The van der Waals surface area contributed by atoms with E-state index in [1.54, 1.807) is 13.3 Å². The number of hydrogen-bond donors (Lipinski definition) is 1. The maximum absolute atomic E-state index is 11.9. The van der Waals surface area contributed by atoms with Crippen LogP contribution in [-0.4, -0.2) is 35.8 Å². The fraction of sp³-hybridized carbons (Fsp3) is 0.571. The van der Waals surface area contributed by atoms with Gasteiger partial charge in [-0.15, -0.1) is 0 Å². The number of imide groups is 1. The summed E-state index contributed by atoms with van der Waals surface area (Å²) in [6, 6.07) is 3.79. The fourth-order valence-corrected chi connectivity index (χ4v) is 2.31. The minimum atomic E-state index is -0.241. The van der Waals surface area contributed by atoms with Crippen molar-refractivity contribution in [1.29, 1.82) is 0 Å². The summed E-state index contributed by atoms with van der Waals surface area (Å²) in [5.41, 5.74) is 0. The maximum atomic E-state index is 11.9. The molecule has 1 saturated heterocycles. The highest BCUT2D eigenvalue weighted by Crippen LogP contribution is 2.13. The Morgan fingerprint density at radius 2 is 2.32 bits per heavy atom. The zero-order chi connectivity index (χ0) is 13.8. The SMILES string of the molecule is CC(CCc1ccco1)NC1CCC(=O)N(C)C1=O. The van der Waals surface area contributed by atoms with Crippen LogP contribution in [0, 0.1) is 0 Å². The van der Waals surface area contributed by atoms with Gasteiger partial charge in [0.25, 0.3) is 0 Å². The average molecular weight is 264 g/mol. The van der Waals surface area contributed by atoms with Crippen LogP contribution in [0.5, 0.6) is 0 Å². The molecule has 1 aliphatic heterocycles. The van der Waals surface area contributed by atoms with Crippen molar-refractivity contribution in [3.63, 3.8) is 0 Å². The molecule has 0 radical (unpaired) electrons. The van der Waals surface area contributed by atoms with E-state index in [9.17, 15) is 9.59 Å². The van der Waals surface area contributed by atoms with Gasteiger partial charge in [-0.25, -0.2) is 0 Å². The van der Waals surface area contributed by atoms with Crippen LogP contribution < -0.4 is 5.32 Å². The van der Waals surface area contributed by atoms with Gasteiger partial charge in [0.1, 0.15) is 5.76 Å². The highest BCUT2D eigenvalue weighted by molar-refractivity contribution is 6.00. The molecule has 0 bridgehead atoms. The van der Waals surface area contributed by atoms with Gasteiger partial charge in [-0.05, 0) is 31.9 Å². The maximum Gasteiger partial charge on any atom is 0.246 e. The number of nitrogens with one attached hydrogen (secondary N) is 1. The van der Waals surface area contributed by atoms with Gasteiger partial charge in [-0.2, -0.15) is 0 Å². The molecule has 1 fully saturated rings. The molecular formula is C14H20N2O3. The second-order valence-corrected chi connectivity index (χ2v) is 5.07. The molecule has 1 aliphatic rings. The van der Waals surface area contributed by atoms with Crippen molar-refractivity contribution in [3.05, 3.63) is 24.2 Å². The first kappa shape index (κ1) is 13.8. The van der Waals surface area contributed by atoms with Gasteiger partial charge in [-0.3, -0.25) is 14.5 Å². The van der Waals surface area contributed by atoms with Crippen LogP contribution in [-0.2, 0) is 16.0 Å². The molecule has 1 N–H and O–H groups in total. The Morgan fingerprint density at radius 1 is 1.53 bits per heavy atom. The Hall–Kier alpha value is -1.62. The summed E-state index contributed by atoms with van der Waals surface area (Å²) in [6.45, 7) is 2.05. The molecule has 19 heavy (non-hydrogen) atoms. The van der Waals surface area contributed by atoms with Crippen molar-refractivity contribution < 1.29 is 14.0 Å².